The Morgan fingerprint density at radius 1 is 1.04 bits per heavy atom. The average molecular weight is 350 g/mol. The second kappa shape index (κ2) is 6.69. The molecule has 1 saturated heterocycles. The van der Waals surface area contributed by atoms with E-state index >= 15 is 0 Å². The van der Waals surface area contributed by atoms with E-state index in [1.807, 2.05) is 41.8 Å². The Morgan fingerprint density at radius 2 is 1.88 bits per heavy atom. The molecule has 0 atom stereocenters. The molecule has 1 aliphatic heterocycles. The summed E-state index contributed by atoms with van der Waals surface area (Å²) in [5.41, 5.74) is 2.23. The van der Waals surface area contributed by atoms with Crippen LogP contribution in [-0.4, -0.2) is 18.4 Å². The molecule has 1 aromatic heterocycles. The average Bonchev–Trinajstić information content (AvgIpc) is 3.10. The molecule has 0 spiro atoms. The molecule has 0 unspecified atom stereocenters. The Balaban J connectivity index is 1.49. The standard InChI is InChI=1S/C20H18N2O2S/c23-19-3-1-2-11-22(19)17-7-4-14(5-8-17)20(24)21-16-6-9-18-15(13-16)10-12-25-18/h4-10,12-13H,1-3,11H2,(H,21,24). The van der Waals surface area contributed by atoms with E-state index in [1.165, 1.54) is 4.70 Å². The lowest BCUT2D eigenvalue weighted by atomic mass is 10.1. The number of piperidine rings is 1. The molecular weight excluding hydrogens is 332 g/mol. The predicted molar refractivity (Wildman–Crippen MR) is 102 cm³/mol. The van der Waals surface area contributed by atoms with Crippen molar-refractivity contribution in [1.82, 2.24) is 0 Å². The first-order valence-corrected chi connectivity index (χ1v) is 9.28. The van der Waals surface area contributed by atoms with Gasteiger partial charge in [0.25, 0.3) is 5.91 Å². The molecule has 0 aliphatic carbocycles. The first-order chi connectivity index (χ1) is 12.2. The van der Waals surface area contributed by atoms with Crippen molar-refractivity contribution in [2.24, 2.45) is 0 Å². The second-order valence-corrected chi connectivity index (χ2v) is 7.12. The molecule has 4 rings (SSSR count). The van der Waals surface area contributed by atoms with Gasteiger partial charge in [-0.2, -0.15) is 0 Å². The van der Waals surface area contributed by atoms with Gasteiger partial charge in [0.15, 0.2) is 0 Å². The molecule has 1 fully saturated rings. The maximum Gasteiger partial charge on any atom is 0.255 e. The molecular formula is C20H18N2O2S. The lowest BCUT2D eigenvalue weighted by Crippen LogP contribution is -2.35. The van der Waals surface area contributed by atoms with Crippen LogP contribution in [0, 0.1) is 0 Å². The van der Waals surface area contributed by atoms with Crippen molar-refractivity contribution in [2.45, 2.75) is 19.3 Å². The number of nitrogens with zero attached hydrogens (tertiary/aromatic N) is 1. The van der Waals surface area contributed by atoms with Crippen LogP contribution in [0.15, 0.2) is 53.9 Å². The third-order valence-electron chi connectivity index (χ3n) is 4.47. The molecule has 1 aliphatic rings. The number of hydrogen-bond donors (Lipinski definition) is 1. The van der Waals surface area contributed by atoms with E-state index in [0.717, 1.165) is 36.1 Å². The van der Waals surface area contributed by atoms with Gasteiger partial charge >= 0.3 is 0 Å². The van der Waals surface area contributed by atoms with Gasteiger partial charge in [0, 0.05) is 34.6 Å². The van der Waals surface area contributed by atoms with E-state index in [1.54, 1.807) is 28.4 Å². The Kier molecular flexibility index (Phi) is 4.24. The summed E-state index contributed by atoms with van der Waals surface area (Å²) < 4.78 is 1.20. The van der Waals surface area contributed by atoms with E-state index < -0.39 is 0 Å². The molecule has 3 aromatic rings. The van der Waals surface area contributed by atoms with Crippen molar-refractivity contribution >= 4 is 44.6 Å². The maximum atomic E-state index is 12.5. The minimum atomic E-state index is -0.147. The van der Waals surface area contributed by atoms with E-state index in [9.17, 15) is 9.59 Å². The number of benzene rings is 2. The van der Waals surface area contributed by atoms with E-state index in [4.69, 9.17) is 0 Å². The van der Waals surface area contributed by atoms with Gasteiger partial charge in [0.05, 0.1) is 0 Å². The van der Waals surface area contributed by atoms with Crippen LogP contribution in [0.1, 0.15) is 29.6 Å². The monoisotopic (exact) mass is 350 g/mol. The first-order valence-electron chi connectivity index (χ1n) is 8.40. The van der Waals surface area contributed by atoms with Crippen molar-refractivity contribution < 1.29 is 9.59 Å². The largest absolute Gasteiger partial charge is 0.322 e. The topological polar surface area (TPSA) is 49.4 Å². The zero-order chi connectivity index (χ0) is 17.2. The summed E-state index contributed by atoms with van der Waals surface area (Å²) in [6.45, 7) is 0.755. The summed E-state index contributed by atoms with van der Waals surface area (Å²) in [5, 5.41) is 6.10. The van der Waals surface area contributed by atoms with Crippen LogP contribution in [0.5, 0.6) is 0 Å². The van der Waals surface area contributed by atoms with Crippen LogP contribution < -0.4 is 10.2 Å². The molecule has 5 heteroatoms. The fraction of sp³-hybridized carbons (Fsp3) is 0.200. The van der Waals surface area contributed by atoms with Gasteiger partial charge in [0.1, 0.15) is 0 Å². The smallest absolute Gasteiger partial charge is 0.255 e. The fourth-order valence-electron chi connectivity index (χ4n) is 3.12. The first kappa shape index (κ1) is 15.8. The molecule has 25 heavy (non-hydrogen) atoms. The van der Waals surface area contributed by atoms with Gasteiger partial charge in [-0.05, 0) is 72.1 Å². The number of fused-ring (bicyclic) bond motifs is 1. The summed E-state index contributed by atoms with van der Waals surface area (Å²) in [4.78, 5) is 26.2. The molecule has 0 saturated carbocycles. The quantitative estimate of drug-likeness (QED) is 0.746. The third-order valence-corrected chi connectivity index (χ3v) is 5.37. The van der Waals surface area contributed by atoms with Gasteiger partial charge in [-0.15, -0.1) is 11.3 Å². The minimum Gasteiger partial charge on any atom is -0.322 e. The number of carbonyl (C=O) groups is 2. The van der Waals surface area contributed by atoms with Gasteiger partial charge < -0.3 is 10.2 Å². The van der Waals surface area contributed by atoms with Crippen LogP contribution in [0.2, 0.25) is 0 Å². The van der Waals surface area contributed by atoms with Gasteiger partial charge in [-0.1, -0.05) is 0 Å². The molecule has 0 radical (unpaired) electrons. The molecule has 0 bridgehead atoms. The second-order valence-electron chi connectivity index (χ2n) is 6.18. The van der Waals surface area contributed by atoms with E-state index in [-0.39, 0.29) is 11.8 Å². The Labute approximate surface area is 150 Å². The number of carbonyl (C=O) groups excluding carboxylic acids is 2. The van der Waals surface area contributed by atoms with Crippen molar-refractivity contribution in [3.05, 3.63) is 59.5 Å². The fourth-order valence-corrected chi connectivity index (χ4v) is 3.89. The zero-order valence-corrected chi connectivity index (χ0v) is 14.5. The van der Waals surface area contributed by atoms with Gasteiger partial charge in [-0.3, -0.25) is 9.59 Å². The van der Waals surface area contributed by atoms with Crippen LogP contribution in [0.4, 0.5) is 11.4 Å². The summed E-state index contributed by atoms with van der Waals surface area (Å²) in [6.07, 6.45) is 2.59. The van der Waals surface area contributed by atoms with Gasteiger partial charge in [-0.25, -0.2) is 0 Å². The number of hydrogen-bond acceptors (Lipinski definition) is 3. The van der Waals surface area contributed by atoms with Gasteiger partial charge in [0.2, 0.25) is 5.91 Å². The highest BCUT2D eigenvalue weighted by Crippen LogP contribution is 2.25. The summed E-state index contributed by atoms with van der Waals surface area (Å²) in [7, 11) is 0. The highest BCUT2D eigenvalue weighted by Gasteiger charge is 2.19. The lowest BCUT2D eigenvalue weighted by molar-refractivity contribution is -0.119. The predicted octanol–water partition coefficient (Wildman–Crippen LogP) is 4.67. The van der Waals surface area contributed by atoms with Crippen molar-refractivity contribution in [3.63, 3.8) is 0 Å². The number of thiophene rings is 1. The highest BCUT2D eigenvalue weighted by molar-refractivity contribution is 7.17. The van der Waals surface area contributed by atoms with Crippen LogP contribution in [-0.2, 0) is 4.79 Å². The Hall–Kier alpha value is -2.66. The van der Waals surface area contributed by atoms with Crippen LogP contribution in [0.25, 0.3) is 10.1 Å². The summed E-state index contributed by atoms with van der Waals surface area (Å²) >= 11 is 1.68. The molecule has 4 nitrogen and oxygen atoms in total. The van der Waals surface area contributed by atoms with Crippen molar-refractivity contribution in [3.8, 4) is 0 Å². The van der Waals surface area contributed by atoms with Crippen molar-refractivity contribution in [2.75, 3.05) is 16.8 Å². The zero-order valence-electron chi connectivity index (χ0n) is 13.7. The third kappa shape index (κ3) is 3.28. The van der Waals surface area contributed by atoms with E-state index in [2.05, 4.69) is 5.32 Å². The highest BCUT2D eigenvalue weighted by atomic mass is 32.1. The summed E-state index contributed by atoms with van der Waals surface area (Å²) in [6, 6.07) is 15.2. The molecule has 126 valence electrons. The Morgan fingerprint density at radius 3 is 2.68 bits per heavy atom. The molecule has 2 amide bonds. The normalized spacial score (nSPS) is 14.7. The number of amides is 2. The minimum absolute atomic E-state index is 0.147. The Bertz CT molecular complexity index is 930. The SMILES string of the molecule is O=C(Nc1ccc2sccc2c1)c1ccc(N2CCCCC2=O)cc1. The van der Waals surface area contributed by atoms with Crippen molar-refractivity contribution in [1.29, 1.82) is 0 Å². The van der Waals surface area contributed by atoms with E-state index in [0.29, 0.717) is 12.0 Å². The lowest BCUT2D eigenvalue weighted by Gasteiger charge is -2.26. The number of rotatable bonds is 3. The molecule has 1 N–H and O–H groups in total. The van der Waals surface area contributed by atoms with Crippen LogP contribution in [0.3, 0.4) is 0 Å². The van der Waals surface area contributed by atoms with Crippen LogP contribution >= 0.6 is 11.3 Å². The molecule has 2 heterocycles. The number of anilines is 2. The summed E-state index contributed by atoms with van der Waals surface area (Å²) in [5.74, 6) is 0.0126. The molecule has 2 aromatic carbocycles. The number of nitrogens with one attached hydrogen (secondary N) is 1. The maximum absolute atomic E-state index is 12.5.